The lowest BCUT2D eigenvalue weighted by Gasteiger charge is -2.23. The van der Waals surface area contributed by atoms with Crippen molar-refractivity contribution in [2.45, 2.75) is 26.0 Å². The van der Waals surface area contributed by atoms with Crippen molar-refractivity contribution in [2.24, 2.45) is 0 Å². The molecule has 0 spiro atoms. The zero-order valence-electron chi connectivity index (χ0n) is 9.78. The van der Waals surface area contributed by atoms with Crippen LogP contribution in [-0.4, -0.2) is 22.3 Å². The van der Waals surface area contributed by atoms with Gasteiger partial charge < -0.3 is 9.72 Å². The second-order valence-corrected chi connectivity index (χ2v) is 4.50. The zero-order valence-corrected chi connectivity index (χ0v) is 9.78. The molecule has 16 heavy (non-hydrogen) atoms. The van der Waals surface area contributed by atoms with E-state index in [1.807, 2.05) is 38.1 Å². The maximum absolute atomic E-state index is 11.8. The molecule has 0 bridgehead atoms. The molecule has 2 aromatic rings. The minimum atomic E-state index is -0.352. The van der Waals surface area contributed by atoms with Crippen LogP contribution in [0.15, 0.2) is 29.1 Å². The predicted octanol–water partition coefficient (Wildman–Crippen LogP) is 1.75. The molecular weight excluding hydrogens is 204 g/mol. The number of fused-ring (bicyclic) bond motifs is 1. The molecule has 1 N–H and O–H groups in total. The smallest absolute Gasteiger partial charge is 0.326 e. The normalized spacial score (nSPS) is 12.2. The highest BCUT2D eigenvalue weighted by Gasteiger charge is 2.19. The number of hydrogen-bond donors (Lipinski definition) is 1. The van der Waals surface area contributed by atoms with E-state index < -0.39 is 0 Å². The van der Waals surface area contributed by atoms with Gasteiger partial charge in [-0.25, -0.2) is 4.79 Å². The molecule has 0 saturated heterocycles. The Labute approximate surface area is 93.9 Å². The van der Waals surface area contributed by atoms with Gasteiger partial charge in [0.25, 0.3) is 0 Å². The third kappa shape index (κ3) is 1.88. The van der Waals surface area contributed by atoms with E-state index in [0.717, 1.165) is 11.0 Å². The summed E-state index contributed by atoms with van der Waals surface area (Å²) >= 11 is 0. The van der Waals surface area contributed by atoms with Crippen LogP contribution in [0.25, 0.3) is 11.0 Å². The number of benzene rings is 1. The topological polar surface area (TPSA) is 47.0 Å². The maximum Gasteiger partial charge on any atom is 0.326 e. The van der Waals surface area contributed by atoms with Crippen LogP contribution >= 0.6 is 0 Å². The highest BCUT2D eigenvalue weighted by Crippen LogP contribution is 2.15. The third-order valence-electron chi connectivity index (χ3n) is 2.77. The van der Waals surface area contributed by atoms with Crippen LogP contribution in [0.2, 0.25) is 0 Å². The number of nitrogens with zero attached hydrogens (tertiary/aromatic N) is 1. The minimum absolute atomic E-state index is 0.0914. The molecule has 0 saturated carbocycles. The van der Waals surface area contributed by atoms with Gasteiger partial charge in [0.05, 0.1) is 23.2 Å². The average Bonchev–Trinajstić information content (AvgIpc) is 2.56. The maximum atomic E-state index is 11.8. The summed E-state index contributed by atoms with van der Waals surface area (Å²) in [5, 5.41) is 0. The Morgan fingerprint density at radius 2 is 2.06 bits per heavy atom. The van der Waals surface area contributed by atoms with Crippen molar-refractivity contribution < 1.29 is 4.74 Å². The Morgan fingerprint density at radius 1 is 1.38 bits per heavy atom. The van der Waals surface area contributed by atoms with Crippen LogP contribution < -0.4 is 5.69 Å². The summed E-state index contributed by atoms with van der Waals surface area (Å²) in [7, 11) is 1.65. The Bertz CT molecular complexity index is 551. The summed E-state index contributed by atoms with van der Waals surface area (Å²) in [6, 6.07) is 7.65. The van der Waals surface area contributed by atoms with Crippen molar-refractivity contribution in [2.75, 3.05) is 7.11 Å². The Balaban J connectivity index is 2.52. The lowest BCUT2D eigenvalue weighted by Crippen LogP contribution is -2.33. The molecule has 0 fully saturated rings. The first-order chi connectivity index (χ1) is 7.53. The van der Waals surface area contributed by atoms with Crippen molar-refractivity contribution in [3.8, 4) is 0 Å². The first-order valence-electron chi connectivity index (χ1n) is 5.26. The van der Waals surface area contributed by atoms with Gasteiger partial charge in [-0.05, 0) is 26.0 Å². The number of ether oxygens (including phenoxy) is 1. The van der Waals surface area contributed by atoms with E-state index in [-0.39, 0.29) is 11.3 Å². The SMILES string of the molecule is COC(C)(C)Cn1c(=O)[nH]c2ccccc21. The largest absolute Gasteiger partial charge is 0.377 e. The summed E-state index contributed by atoms with van der Waals surface area (Å²) < 4.78 is 7.05. The Kier molecular flexibility index (Phi) is 2.59. The fourth-order valence-electron chi connectivity index (χ4n) is 1.71. The number of aromatic nitrogens is 2. The van der Waals surface area contributed by atoms with Crippen molar-refractivity contribution in [1.29, 1.82) is 0 Å². The first kappa shape index (κ1) is 11.0. The van der Waals surface area contributed by atoms with Gasteiger partial charge in [0, 0.05) is 7.11 Å². The number of methoxy groups -OCH3 is 1. The first-order valence-corrected chi connectivity index (χ1v) is 5.26. The highest BCUT2D eigenvalue weighted by atomic mass is 16.5. The van der Waals surface area contributed by atoms with Crippen LogP contribution in [-0.2, 0) is 11.3 Å². The minimum Gasteiger partial charge on any atom is -0.377 e. The van der Waals surface area contributed by atoms with Gasteiger partial charge >= 0.3 is 5.69 Å². The third-order valence-corrected chi connectivity index (χ3v) is 2.77. The van der Waals surface area contributed by atoms with Gasteiger partial charge in [-0.15, -0.1) is 0 Å². The van der Waals surface area contributed by atoms with Gasteiger partial charge in [-0.2, -0.15) is 0 Å². The fraction of sp³-hybridized carbons (Fsp3) is 0.417. The molecule has 0 aliphatic carbocycles. The molecule has 86 valence electrons. The number of hydrogen-bond acceptors (Lipinski definition) is 2. The van der Waals surface area contributed by atoms with E-state index in [9.17, 15) is 4.79 Å². The molecule has 0 radical (unpaired) electrons. The highest BCUT2D eigenvalue weighted by molar-refractivity contribution is 5.74. The average molecular weight is 220 g/mol. The lowest BCUT2D eigenvalue weighted by molar-refractivity contribution is 0.00836. The van der Waals surface area contributed by atoms with E-state index in [2.05, 4.69) is 4.98 Å². The lowest BCUT2D eigenvalue weighted by atomic mass is 10.1. The summed E-state index contributed by atoms with van der Waals surface area (Å²) in [5.41, 5.74) is 1.33. The summed E-state index contributed by atoms with van der Waals surface area (Å²) in [6.45, 7) is 4.45. The van der Waals surface area contributed by atoms with E-state index in [4.69, 9.17) is 4.74 Å². The van der Waals surface area contributed by atoms with Gasteiger partial charge in [-0.1, -0.05) is 12.1 Å². The molecule has 0 aliphatic rings. The van der Waals surface area contributed by atoms with Crippen LogP contribution in [0.4, 0.5) is 0 Å². The van der Waals surface area contributed by atoms with Crippen LogP contribution in [0, 0.1) is 0 Å². The monoisotopic (exact) mass is 220 g/mol. The molecular formula is C12H16N2O2. The second-order valence-electron chi connectivity index (χ2n) is 4.50. The van der Waals surface area contributed by atoms with E-state index in [1.54, 1.807) is 11.7 Å². The molecule has 1 aromatic carbocycles. The predicted molar refractivity (Wildman–Crippen MR) is 63.6 cm³/mol. The second kappa shape index (κ2) is 3.79. The van der Waals surface area contributed by atoms with Crippen LogP contribution in [0.3, 0.4) is 0 Å². The number of nitrogens with one attached hydrogen (secondary N) is 1. The Morgan fingerprint density at radius 3 is 2.75 bits per heavy atom. The molecule has 4 nitrogen and oxygen atoms in total. The van der Waals surface area contributed by atoms with E-state index >= 15 is 0 Å². The fourth-order valence-corrected chi connectivity index (χ4v) is 1.71. The number of H-pyrrole nitrogens is 1. The van der Waals surface area contributed by atoms with Gasteiger partial charge in [0.15, 0.2) is 0 Å². The van der Waals surface area contributed by atoms with Crippen LogP contribution in [0.1, 0.15) is 13.8 Å². The molecule has 0 unspecified atom stereocenters. The molecule has 0 atom stereocenters. The molecule has 1 heterocycles. The summed E-state index contributed by atoms with van der Waals surface area (Å²) in [6.07, 6.45) is 0. The molecule has 4 heteroatoms. The van der Waals surface area contributed by atoms with Crippen molar-refractivity contribution >= 4 is 11.0 Å². The van der Waals surface area contributed by atoms with Gasteiger partial charge in [0.2, 0.25) is 0 Å². The summed E-state index contributed by atoms with van der Waals surface area (Å²) in [5.74, 6) is 0. The van der Waals surface area contributed by atoms with Crippen molar-refractivity contribution in [1.82, 2.24) is 9.55 Å². The molecule has 1 aromatic heterocycles. The van der Waals surface area contributed by atoms with Crippen molar-refractivity contribution in [3.05, 3.63) is 34.7 Å². The van der Waals surface area contributed by atoms with E-state index in [0.29, 0.717) is 6.54 Å². The zero-order chi connectivity index (χ0) is 11.8. The van der Waals surface area contributed by atoms with Gasteiger partial charge in [0.1, 0.15) is 0 Å². The standard InChI is InChI=1S/C12H16N2O2/c1-12(2,16-3)8-14-10-7-5-4-6-9(10)13-11(14)15/h4-7H,8H2,1-3H3,(H,13,15). The number of para-hydroxylation sites is 2. The number of aromatic amines is 1. The molecule has 0 amide bonds. The van der Waals surface area contributed by atoms with Gasteiger partial charge in [-0.3, -0.25) is 4.57 Å². The molecule has 2 rings (SSSR count). The summed E-state index contributed by atoms with van der Waals surface area (Å²) in [4.78, 5) is 14.6. The quantitative estimate of drug-likeness (QED) is 0.856. The number of imidazole rings is 1. The number of rotatable bonds is 3. The van der Waals surface area contributed by atoms with E-state index in [1.165, 1.54) is 0 Å². The van der Waals surface area contributed by atoms with Crippen molar-refractivity contribution in [3.63, 3.8) is 0 Å². The van der Waals surface area contributed by atoms with Crippen LogP contribution in [0.5, 0.6) is 0 Å². The Hall–Kier alpha value is -1.55. The molecule has 0 aliphatic heterocycles.